The fraction of sp³-hybridized carbons (Fsp3) is 0.333. The highest BCUT2D eigenvalue weighted by molar-refractivity contribution is 5.94. The van der Waals surface area contributed by atoms with Gasteiger partial charge >= 0.3 is 0 Å². The summed E-state index contributed by atoms with van der Waals surface area (Å²) in [5.41, 5.74) is 1.84. The second-order valence-corrected chi connectivity index (χ2v) is 7.10. The Balaban J connectivity index is 1.58. The molecule has 2 aromatic rings. The first-order chi connectivity index (χ1) is 13.3. The lowest BCUT2D eigenvalue weighted by Crippen LogP contribution is -2.48. The Bertz CT molecular complexity index is 878. The van der Waals surface area contributed by atoms with E-state index in [1.807, 2.05) is 18.2 Å². The summed E-state index contributed by atoms with van der Waals surface area (Å²) in [5.74, 6) is -2.31. The normalized spacial score (nSPS) is 14.8. The Morgan fingerprint density at radius 1 is 0.929 bits per heavy atom. The minimum Gasteiger partial charge on any atom is -0.345 e. The maximum Gasteiger partial charge on any atom is 0.254 e. The van der Waals surface area contributed by atoms with Crippen LogP contribution in [0.5, 0.6) is 0 Å². The van der Waals surface area contributed by atoms with Gasteiger partial charge in [0.05, 0.1) is 0 Å². The highest BCUT2D eigenvalue weighted by Gasteiger charge is 2.23. The van der Waals surface area contributed by atoms with Gasteiger partial charge in [-0.2, -0.15) is 0 Å². The number of rotatable bonds is 4. The van der Waals surface area contributed by atoms with Crippen LogP contribution in [-0.2, 0) is 6.54 Å². The van der Waals surface area contributed by atoms with Crippen LogP contribution in [0.15, 0.2) is 42.5 Å². The average molecular weight is 387 g/mol. The second-order valence-electron chi connectivity index (χ2n) is 7.10. The summed E-state index contributed by atoms with van der Waals surface area (Å²) in [6.45, 7) is 3.03. The van der Waals surface area contributed by atoms with E-state index >= 15 is 0 Å². The number of halogens is 2. The fourth-order valence-corrected chi connectivity index (χ4v) is 3.24. The molecule has 5 nitrogen and oxygen atoms in total. The fourth-order valence-electron chi connectivity index (χ4n) is 3.24. The molecule has 0 aliphatic carbocycles. The van der Waals surface area contributed by atoms with E-state index in [0.717, 1.165) is 17.7 Å². The van der Waals surface area contributed by atoms with Gasteiger partial charge in [0.1, 0.15) is 0 Å². The van der Waals surface area contributed by atoms with Gasteiger partial charge in [0, 0.05) is 57.9 Å². The van der Waals surface area contributed by atoms with Crippen molar-refractivity contribution in [2.24, 2.45) is 0 Å². The molecule has 0 N–H and O–H groups in total. The number of carbonyl (C=O) groups excluding carboxylic acids is 2. The summed E-state index contributed by atoms with van der Waals surface area (Å²) in [7, 11) is 3.44. The molecule has 3 rings (SSSR count). The number of carbonyl (C=O) groups is 2. The molecule has 1 fully saturated rings. The lowest BCUT2D eigenvalue weighted by Gasteiger charge is -2.34. The van der Waals surface area contributed by atoms with E-state index in [-0.39, 0.29) is 17.4 Å². The molecule has 2 aromatic carbocycles. The molecule has 1 aliphatic rings. The molecule has 0 spiro atoms. The van der Waals surface area contributed by atoms with E-state index < -0.39 is 11.6 Å². The van der Waals surface area contributed by atoms with Crippen LogP contribution in [-0.4, -0.2) is 66.8 Å². The van der Waals surface area contributed by atoms with Gasteiger partial charge in [-0.05, 0) is 35.9 Å². The van der Waals surface area contributed by atoms with Crippen LogP contribution in [0.3, 0.4) is 0 Å². The van der Waals surface area contributed by atoms with Gasteiger partial charge in [0.15, 0.2) is 11.6 Å². The average Bonchev–Trinajstić information content (AvgIpc) is 2.69. The lowest BCUT2D eigenvalue weighted by molar-refractivity contribution is 0.0627. The largest absolute Gasteiger partial charge is 0.345 e. The summed E-state index contributed by atoms with van der Waals surface area (Å²) >= 11 is 0. The molecule has 0 saturated carbocycles. The number of amides is 2. The predicted octanol–water partition coefficient (Wildman–Crippen LogP) is 2.62. The molecule has 2 amide bonds. The zero-order chi connectivity index (χ0) is 20.3. The third kappa shape index (κ3) is 4.54. The first-order valence-corrected chi connectivity index (χ1v) is 9.12. The van der Waals surface area contributed by atoms with E-state index in [0.29, 0.717) is 38.3 Å². The van der Waals surface area contributed by atoms with Crippen LogP contribution in [0.1, 0.15) is 26.3 Å². The zero-order valence-electron chi connectivity index (χ0n) is 16.0. The topological polar surface area (TPSA) is 43.9 Å². The van der Waals surface area contributed by atoms with Gasteiger partial charge in [-0.25, -0.2) is 8.78 Å². The predicted molar refractivity (Wildman–Crippen MR) is 102 cm³/mol. The molecule has 7 heteroatoms. The van der Waals surface area contributed by atoms with E-state index in [1.165, 1.54) is 6.07 Å². The maximum atomic E-state index is 13.4. The smallest absolute Gasteiger partial charge is 0.254 e. The van der Waals surface area contributed by atoms with Crippen molar-refractivity contribution in [1.82, 2.24) is 14.7 Å². The van der Waals surface area contributed by atoms with Crippen LogP contribution in [0.2, 0.25) is 0 Å². The van der Waals surface area contributed by atoms with Crippen molar-refractivity contribution < 1.29 is 18.4 Å². The highest BCUT2D eigenvalue weighted by Crippen LogP contribution is 2.15. The van der Waals surface area contributed by atoms with Crippen molar-refractivity contribution in [2.45, 2.75) is 6.54 Å². The summed E-state index contributed by atoms with van der Waals surface area (Å²) in [6, 6.07) is 10.8. The van der Waals surface area contributed by atoms with E-state index in [4.69, 9.17) is 0 Å². The van der Waals surface area contributed by atoms with Gasteiger partial charge in [-0.15, -0.1) is 0 Å². The molecule has 0 radical (unpaired) electrons. The van der Waals surface area contributed by atoms with Crippen LogP contribution in [0.4, 0.5) is 8.78 Å². The van der Waals surface area contributed by atoms with Crippen LogP contribution >= 0.6 is 0 Å². The van der Waals surface area contributed by atoms with Crippen molar-refractivity contribution in [3.8, 4) is 0 Å². The molecule has 28 heavy (non-hydrogen) atoms. The Kier molecular flexibility index (Phi) is 6.04. The molecule has 0 aromatic heterocycles. The van der Waals surface area contributed by atoms with Gasteiger partial charge in [0.2, 0.25) is 0 Å². The number of piperazine rings is 1. The molecular weight excluding hydrogens is 364 g/mol. The summed E-state index contributed by atoms with van der Waals surface area (Å²) in [6.07, 6.45) is 0. The quantitative estimate of drug-likeness (QED) is 0.810. The summed E-state index contributed by atoms with van der Waals surface area (Å²) in [5, 5.41) is 0. The Labute approximate surface area is 163 Å². The standard InChI is InChI=1S/C21H23F2N3O2/c1-24(2)20(27)16-5-3-4-15(12-16)14-25-8-10-26(11-9-25)21(28)17-6-7-18(22)19(23)13-17/h3-7,12-13H,8-11,14H2,1-2H3. The van der Waals surface area contributed by atoms with Crippen LogP contribution < -0.4 is 0 Å². The van der Waals surface area contributed by atoms with Crippen molar-refractivity contribution in [1.29, 1.82) is 0 Å². The van der Waals surface area contributed by atoms with Crippen molar-refractivity contribution in [3.05, 3.63) is 70.8 Å². The highest BCUT2D eigenvalue weighted by atomic mass is 19.2. The van der Waals surface area contributed by atoms with Crippen molar-refractivity contribution in [3.63, 3.8) is 0 Å². The number of hydrogen-bond donors (Lipinski definition) is 0. The molecular formula is C21H23F2N3O2. The van der Waals surface area contributed by atoms with Crippen LogP contribution in [0, 0.1) is 11.6 Å². The maximum absolute atomic E-state index is 13.4. The molecule has 0 bridgehead atoms. The molecule has 1 aliphatic heterocycles. The van der Waals surface area contributed by atoms with E-state index in [1.54, 1.807) is 30.0 Å². The Morgan fingerprint density at radius 3 is 2.29 bits per heavy atom. The molecule has 1 saturated heterocycles. The number of hydrogen-bond acceptors (Lipinski definition) is 3. The molecule has 0 unspecified atom stereocenters. The number of benzene rings is 2. The molecule has 148 valence electrons. The van der Waals surface area contributed by atoms with E-state index in [2.05, 4.69) is 4.90 Å². The van der Waals surface area contributed by atoms with Crippen LogP contribution in [0.25, 0.3) is 0 Å². The monoisotopic (exact) mass is 387 g/mol. The lowest BCUT2D eigenvalue weighted by atomic mass is 10.1. The Hall–Kier alpha value is -2.80. The van der Waals surface area contributed by atoms with Crippen molar-refractivity contribution >= 4 is 11.8 Å². The minimum atomic E-state index is -1.02. The molecule has 0 atom stereocenters. The third-order valence-corrected chi connectivity index (χ3v) is 4.81. The SMILES string of the molecule is CN(C)C(=O)c1cccc(CN2CCN(C(=O)c3ccc(F)c(F)c3)CC2)c1. The van der Waals surface area contributed by atoms with E-state index in [9.17, 15) is 18.4 Å². The first-order valence-electron chi connectivity index (χ1n) is 9.12. The van der Waals surface area contributed by atoms with Crippen molar-refractivity contribution in [2.75, 3.05) is 40.3 Å². The first kappa shape index (κ1) is 19.9. The van der Waals surface area contributed by atoms with Gasteiger partial charge in [0.25, 0.3) is 11.8 Å². The summed E-state index contributed by atoms with van der Waals surface area (Å²) < 4.78 is 26.4. The van der Waals surface area contributed by atoms with Gasteiger partial charge < -0.3 is 9.80 Å². The second kappa shape index (κ2) is 8.48. The molecule has 1 heterocycles. The zero-order valence-corrected chi connectivity index (χ0v) is 16.0. The number of nitrogens with zero attached hydrogens (tertiary/aromatic N) is 3. The minimum absolute atomic E-state index is 0.0382. The van der Waals surface area contributed by atoms with Gasteiger partial charge in [-0.1, -0.05) is 12.1 Å². The van der Waals surface area contributed by atoms with Gasteiger partial charge in [-0.3, -0.25) is 14.5 Å². The third-order valence-electron chi connectivity index (χ3n) is 4.81. The summed E-state index contributed by atoms with van der Waals surface area (Å²) in [4.78, 5) is 30.0. The Morgan fingerprint density at radius 2 is 1.64 bits per heavy atom.